The smallest absolute Gasteiger partial charge is 0.245 e. The molecule has 11 amide bonds. The number of Topliss-reactive ketones (excluding diaryl/α,β-unsaturated/α-hetero) is 1. The van der Waals surface area contributed by atoms with Gasteiger partial charge in [0, 0.05) is 74.1 Å². The molecule has 1 aromatic rings. The number of piperidine rings is 1. The van der Waals surface area contributed by atoms with Crippen LogP contribution < -0.4 is 26.6 Å². The molecule has 11 atom stereocenters. The molecule has 0 unspecified atom stereocenters. The number of hydrogen-bond donors (Lipinski definition) is 6. The molecule has 0 aliphatic carbocycles. The van der Waals surface area contributed by atoms with Gasteiger partial charge in [0.25, 0.3) is 0 Å². The van der Waals surface area contributed by atoms with E-state index in [4.69, 9.17) is 0 Å². The SMILES string of the molecule is CC(C)C[C@@H]1NC(=O)[C@H](CC(C)C)N(C)C(=O)[C@H](C)NC(=O)[C@H](C(C)C)N(C)C(=O)CN(C)C(=O)[C@H](Cc2ccccc2)NC(=O)[C@H]([C@@H](C)O)NC(=O)[C@H](CC(C)C)N(C)C(=O)[C@@H](C)N(C)CCC(=O)C[C@@H](C(=O)N2CCCCC2)NC(=O)[C@H](CC(C)C)N(C)C1=O. The van der Waals surface area contributed by atoms with Crippen molar-refractivity contribution < 1.29 is 62.6 Å². The summed E-state index contributed by atoms with van der Waals surface area (Å²) in [4.78, 5) is 183. The largest absolute Gasteiger partial charge is 0.391 e. The Hall–Kier alpha value is -7.02. The van der Waals surface area contributed by atoms with E-state index in [9.17, 15) is 62.6 Å². The van der Waals surface area contributed by atoms with Crippen LogP contribution in [-0.4, -0.2) is 245 Å². The van der Waals surface area contributed by atoms with Crippen LogP contribution in [0.1, 0.15) is 153 Å². The highest BCUT2D eigenvalue weighted by Gasteiger charge is 2.42. The Morgan fingerprint density at radius 2 is 1.00 bits per heavy atom. The van der Waals surface area contributed by atoms with Gasteiger partial charge >= 0.3 is 0 Å². The minimum Gasteiger partial charge on any atom is -0.391 e. The molecule has 2 fully saturated rings. The molecule has 0 spiro atoms. The number of rotatable bonds is 13. The maximum Gasteiger partial charge on any atom is 0.245 e. The lowest BCUT2D eigenvalue weighted by Crippen LogP contribution is -2.61. The second-order valence-corrected chi connectivity index (χ2v) is 27.7. The Balaban J connectivity index is 2.22. The first-order chi connectivity index (χ1) is 42.9. The maximum atomic E-state index is 14.9. The Labute approximate surface area is 546 Å². The molecule has 2 heterocycles. The molecule has 92 heavy (non-hydrogen) atoms. The molecule has 3 rings (SSSR count). The third-order valence-electron chi connectivity index (χ3n) is 17.4. The first-order valence-corrected chi connectivity index (χ1v) is 32.9. The van der Waals surface area contributed by atoms with Crippen LogP contribution in [0.2, 0.25) is 0 Å². The standard InChI is InChI=1S/C67H112N12O13/c1-39(2)32-49-66(91)77(18)53(34-41(5)6)59(84)70-51(67(92)79-29-24-21-25-30-79)37-48(81)28-31-73(14)45(12)64(89)76(17)54(35-42(7)8)60(85)72-56(46(13)80)61(86)71-50(36-47-26-22-20-23-27-47)65(90)74(15)38-55(82)78(19)57(43(9)10)62(87)68-44(11)63(88)75(16)52(33-40(3)4)58(83)69-49/h20,22-23,26-27,39-46,49-54,56-57,80H,21,24-25,28-38H2,1-19H3,(H,68,87)(H,69,83)(H,70,84)(H,71,86)(H,72,85)/t44-,45+,46+,49-,50-,51-,52-,53-,54-,56-,57-/m0/s1. The number of likely N-dealkylation sites (N-methyl/N-ethyl adjacent to an activating group) is 6. The predicted molar refractivity (Wildman–Crippen MR) is 350 cm³/mol. The minimum atomic E-state index is -1.65. The Kier molecular flexibility index (Phi) is 31.9. The highest BCUT2D eigenvalue weighted by molar-refractivity contribution is 5.99. The van der Waals surface area contributed by atoms with Crippen molar-refractivity contribution in [2.45, 2.75) is 221 Å². The van der Waals surface area contributed by atoms with Crippen LogP contribution >= 0.6 is 0 Å². The highest BCUT2D eigenvalue weighted by atomic mass is 16.3. The highest BCUT2D eigenvalue weighted by Crippen LogP contribution is 2.22. The number of hydrogen-bond acceptors (Lipinski definition) is 14. The number of amides is 11. The fraction of sp³-hybridized carbons (Fsp3) is 0.731. The van der Waals surface area contributed by atoms with Gasteiger partial charge < -0.3 is 61.1 Å². The zero-order valence-corrected chi connectivity index (χ0v) is 58.5. The number of ketones is 1. The maximum absolute atomic E-state index is 14.9. The molecule has 25 nitrogen and oxygen atoms in total. The first kappa shape index (κ1) is 79.2. The topological polar surface area (TPSA) is 308 Å². The average molecular weight is 1290 g/mol. The lowest BCUT2D eigenvalue weighted by Gasteiger charge is -2.36. The van der Waals surface area contributed by atoms with Gasteiger partial charge in [0.1, 0.15) is 60.2 Å². The van der Waals surface area contributed by atoms with Crippen LogP contribution in [0.4, 0.5) is 0 Å². The second kappa shape index (κ2) is 37.0. The molecule has 2 saturated heterocycles. The van der Waals surface area contributed by atoms with Gasteiger partial charge in [-0.15, -0.1) is 0 Å². The lowest BCUT2D eigenvalue weighted by molar-refractivity contribution is -0.147. The number of likely N-dealkylation sites (tertiary alicyclic amines) is 1. The van der Waals surface area contributed by atoms with Gasteiger partial charge in [-0.05, 0) is 108 Å². The van der Waals surface area contributed by atoms with Crippen molar-refractivity contribution in [3.05, 3.63) is 35.9 Å². The van der Waals surface area contributed by atoms with Gasteiger partial charge in [-0.2, -0.15) is 0 Å². The van der Waals surface area contributed by atoms with Crippen LogP contribution in [0.25, 0.3) is 0 Å². The summed E-state index contributed by atoms with van der Waals surface area (Å²) in [5, 5.41) is 25.0. The third-order valence-corrected chi connectivity index (χ3v) is 17.4. The van der Waals surface area contributed by atoms with Crippen LogP contribution in [0.15, 0.2) is 30.3 Å². The summed E-state index contributed by atoms with van der Waals surface area (Å²) in [5.41, 5.74) is 0.623. The molecular formula is C67H112N12O13. The van der Waals surface area contributed by atoms with E-state index in [0.717, 1.165) is 24.2 Å². The Morgan fingerprint density at radius 3 is 1.50 bits per heavy atom. The third kappa shape index (κ3) is 23.5. The molecular weight excluding hydrogens is 1180 g/mol. The van der Waals surface area contributed by atoms with Gasteiger partial charge in [0.2, 0.25) is 65.0 Å². The van der Waals surface area contributed by atoms with Gasteiger partial charge in [0.05, 0.1) is 18.7 Å². The summed E-state index contributed by atoms with van der Waals surface area (Å²) in [7, 11) is 8.70. The van der Waals surface area contributed by atoms with Crippen LogP contribution in [0.3, 0.4) is 0 Å². The van der Waals surface area contributed by atoms with Crippen molar-refractivity contribution in [3.63, 3.8) is 0 Å². The normalized spacial score (nSPS) is 26.6. The Bertz CT molecular complexity index is 2680. The summed E-state index contributed by atoms with van der Waals surface area (Å²) in [6, 6.07) is -3.65. The van der Waals surface area contributed by atoms with Gasteiger partial charge in [0.15, 0.2) is 0 Å². The van der Waals surface area contributed by atoms with Crippen molar-refractivity contribution in [3.8, 4) is 0 Å². The number of benzene rings is 1. The van der Waals surface area contributed by atoms with E-state index >= 15 is 0 Å². The summed E-state index contributed by atoms with van der Waals surface area (Å²) < 4.78 is 0. The number of aliphatic hydroxyl groups is 1. The van der Waals surface area contributed by atoms with E-state index in [-0.39, 0.29) is 68.7 Å². The molecule has 0 aromatic heterocycles. The molecule has 25 heteroatoms. The number of carbonyl (C=O) groups is 12. The van der Waals surface area contributed by atoms with E-state index in [1.165, 1.54) is 68.7 Å². The number of nitrogens with zero attached hydrogens (tertiary/aromatic N) is 7. The lowest BCUT2D eigenvalue weighted by atomic mass is 9.96. The molecule has 1 aromatic carbocycles. The summed E-state index contributed by atoms with van der Waals surface area (Å²) in [6.07, 6.45) is 0.751. The summed E-state index contributed by atoms with van der Waals surface area (Å²) >= 11 is 0. The monoisotopic (exact) mass is 1290 g/mol. The molecule has 0 bridgehead atoms. The average Bonchev–Trinajstić information content (AvgIpc) is 0.867. The van der Waals surface area contributed by atoms with Gasteiger partial charge in [-0.3, -0.25) is 62.4 Å². The van der Waals surface area contributed by atoms with Crippen LogP contribution in [0.5, 0.6) is 0 Å². The first-order valence-electron chi connectivity index (χ1n) is 32.9. The summed E-state index contributed by atoms with van der Waals surface area (Å²) in [5.74, 6) is -8.94. The van der Waals surface area contributed by atoms with E-state index in [1.54, 1.807) is 68.0 Å². The molecule has 2 aliphatic heterocycles. The fourth-order valence-corrected chi connectivity index (χ4v) is 11.8. The zero-order chi connectivity index (χ0) is 69.8. The van der Waals surface area contributed by atoms with Gasteiger partial charge in [-0.1, -0.05) is 99.6 Å². The van der Waals surface area contributed by atoms with Crippen molar-refractivity contribution in [2.24, 2.45) is 29.6 Å². The van der Waals surface area contributed by atoms with Crippen LogP contribution in [0, 0.1) is 29.6 Å². The minimum absolute atomic E-state index is 0.0264. The molecule has 518 valence electrons. The molecule has 2 aliphatic rings. The summed E-state index contributed by atoms with van der Waals surface area (Å²) in [6.45, 7) is 22.9. The number of nitrogens with one attached hydrogen (secondary N) is 5. The quantitative estimate of drug-likeness (QED) is 0.165. The molecule has 0 saturated carbocycles. The molecule has 0 radical (unpaired) electrons. The van der Waals surface area contributed by atoms with Crippen molar-refractivity contribution in [1.29, 1.82) is 0 Å². The number of aliphatic hydroxyl groups excluding tert-OH is 1. The molecule has 6 N–H and O–H groups in total. The van der Waals surface area contributed by atoms with Gasteiger partial charge in [-0.25, -0.2) is 0 Å². The van der Waals surface area contributed by atoms with E-state index in [0.29, 0.717) is 18.7 Å². The van der Waals surface area contributed by atoms with E-state index in [2.05, 4.69) is 26.6 Å². The fourth-order valence-electron chi connectivity index (χ4n) is 11.8. The second-order valence-electron chi connectivity index (χ2n) is 27.7. The Morgan fingerprint density at radius 1 is 0.522 bits per heavy atom. The van der Waals surface area contributed by atoms with Crippen molar-refractivity contribution >= 4 is 70.8 Å². The zero-order valence-electron chi connectivity index (χ0n) is 58.5. The van der Waals surface area contributed by atoms with Crippen LogP contribution in [-0.2, 0) is 64.0 Å². The van der Waals surface area contributed by atoms with Crippen molar-refractivity contribution in [2.75, 3.05) is 68.5 Å². The van der Waals surface area contributed by atoms with E-state index in [1.807, 2.05) is 55.4 Å². The predicted octanol–water partition coefficient (Wildman–Crippen LogP) is 2.36. The number of carbonyl (C=O) groups excluding carboxylic acids is 12. The van der Waals surface area contributed by atoms with Crippen molar-refractivity contribution in [1.82, 2.24) is 60.9 Å². The van der Waals surface area contributed by atoms with E-state index < -0.39 is 156 Å².